The number of ether oxygens (including phenoxy) is 1. The lowest BCUT2D eigenvalue weighted by molar-refractivity contribution is -0.123. The van der Waals surface area contributed by atoms with Crippen molar-refractivity contribution in [1.82, 2.24) is 15.2 Å². The monoisotopic (exact) mass is 478 g/mol. The minimum absolute atomic E-state index is 0.243. The largest absolute Gasteiger partial charge is 0.482 e. The lowest BCUT2D eigenvalue weighted by Crippen LogP contribution is -2.24. The van der Waals surface area contributed by atoms with E-state index in [2.05, 4.69) is 10.5 Å². The maximum Gasteiger partial charge on any atom is 0.277 e. The van der Waals surface area contributed by atoms with Gasteiger partial charge < -0.3 is 4.74 Å². The van der Waals surface area contributed by atoms with Gasteiger partial charge in [-0.05, 0) is 37.3 Å². The quantitative estimate of drug-likeness (QED) is 0.274. The normalized spacial score (nSPS) is 11.0. The Morgan fingerprint density at radius 2 is 1.85 bits per heavy atom. The van der Waals surface area contributed by atoms with E-state index >= 15 is 0 Å². The van der Waals surface area contributed by atoms with Gasteiger partial charge in [0, 0.05) is 22.3 Å². The molecule has 0 saturated heterocycles. The molecule has 0 fully saturated rings. The molecule has 3 aromatic carbocycles. The van der Waals surface area contributed by atoms with Gasteiger partial charge in [0.15, 0.2) is 6.61 Å². The van der Waals surface area contributed by atoms with E-state index < -0.39 is 5.91 Å². The van der Waals surface area contributed by atoms with E-state index in [-0.39, 0.29) is 6.61 Å². The number of halogens is 2. The van der Waals surface area contributed by atoms with Gasteiger partial charge in [0.2, 0.25) is 0 Å². The smallest absolute Gasteiger partial charge is 0.277 e. The molecule has 0 aliphatic carbocycles. The second-order valence-corrected chi connectivity index (χ2v) is 8.08. The van der Waals surface area contributed by atoms with Crippen LogP contribution in [0.15, 0.2) is 84.1 Å². The van der Waals surface area contributed by atoms with Gasteiger partial charge in [-0.1, -0.05) is 71.2 Å². The van der Waals surface area contributed by atoms with Crippen molar-refractivity contribution in [3.05, 3.63) is 100 Å². The molecule has 0 spiro atoms. The molecule has 0 radical (unpaired) electrons. The number of hydrogen-bond acceptors (Lipinski definition) is 4. The number of hydrazone groups is 1. The molecule has 6 nitrogen and oxygen atoms in total. The molecule has 1 aromatic heterocycles. The van der Waals surface area contributed by atoms with Crippen LogP contribution in [0.25, 0.3) is 16.9 Å². The van der Waals surface area contributed by atoms with Crippen molar-refractivity contribution in [2.45, 2.75) is 6.92 Å². The lowest BCUT2D eigenvalue weighted by Gasteiger charge is -2.07. The van der Waals surface area contributed by atoms with Crippen molar-refractivity contribution >= 4 is 35.3 Å². The summed E-state index contributed by atoms with van der Waals surface area (Å²) in [5.41, 5.74) is 7.00. The van der Waals surface area contributed by atoms with E-state index in [0.717, 1.165) is 28.1 Å². The Morgan fingerprint density at radius 1 is 1.09 bits per heavy atom. The summed E-state index contributed by atoms with van der Waals surface area (Å²) in [7, 11) is 0. The molecule has 0 atom stereocenters. The number of nitrogens with zero attached hydrogens (tertiary/aromatic N) is 3. The fraction of sp³-hybridized carbons (Fsp3) is 0.0800. The molecule has 0 saturated carbocycles. The summed E-state index contributed by atoms with van der Waals surface area (Å²) < 4.78 is 7.21. The number of nitrogens with one attached hydrogen (secondary N) is 1. The summed E-state index contributed by atoms with van der Waals surface area (Å²) in [4.78, 5) is 12.2. The van der Waals surface area contributed by atoms with Crippen LogP contribution in [0.3, 0.4) is 0 Å². The van der Waals surface area contributed by atoms with Gasteiger partial charge in [-0.25, -0.2) is 10.1 Å². The van der Waals surface area contributed by atoms with Crippen molar-refractivity contribution in [2.75, 3.05) is 6.61 Å². The van der Waals surface area contributed by atoms with Gasteiger partial charge in [-0.15, -0.1) is 0 Å². The number of carbonyl (C=O) groups excluding carboxylic acids is 1. The average molecular weight is 479 g/mol. The maximum atomic E-state index is 12.2. The minimum Gasteiger partial charge on any atom is -0.482 e. The van der Waals surface area contributed by atoms with E-state index in [1.807, 2.05) is 67.7 Å². The Bertz CT molecular complexity index is 1290. The number of amides is 1. The van der Waals surface area contributed by atoms with Crippen LogP contribution in [0.2, 0.25) is 10.0 Å². The van der Waals surface area contributed by atoms with Gasteiger partial charge in [0.1, 0.15) is 11.4 Å². The topological polar surface area (TPSA) is 68.5 Å². The van der Waals surface area contributed by atoms with E-state index in [4.69, 9.17) is 33.0 Å². The van der Waals surface area contributed by atoms with Crippen molar-refractivity contribution in [2.24, 2.45) is 5.10 Å². The number of hydrogen-bond donors (Lipinski definition) is 1. The van der Waals surface area contributed by atoms with Crippen LogP contribution in [-0.2, 0) is 4.79 Å². The van der Waals surface area contributed by atoms with Crippen LogP contribution in [-0.4, -0.2) is 28.5 Å². The predicted octanol–water partition coefficient (Wildman–Crippen LogP) is 5.68. The van der Waals surface area contributed by atoms with Gasteiger partial charge in [0.05, 0.1) is 16.9 Å². The first-order valence-electron chi connectivity index (χ1n) is 10.1. The van der Waals surface area contributed by atoms with E-state index in [1.165, 1.54) is 0 Å². The zero-order chi connectivity index (χ0) is 23.2. The van der Waals surface area contributed by atoms with Crippen LogP contribution < -0.4 is 10.2 Å². The molecule has 0 unspecified atom stereocenters. The van der Waals surface area contributed by atoms with Crippen molar-refractivity contribution < 1.29 is 9.53 Å². The highest BCUT2D eigenvalue weighted by Gasteiger charge is 2.11. The molecule has 1 amide bonds. The van der Waals surface area contributed by atoms with Crippen LogP contribution in [0.4, 0.5) is 0 Å². The van der Waals surface area contributed by atoms with E-state index in [9.17, 15) is 4.79 Å². The first-order chi connectivity index (χ1) is 16.0. The van der Waals surface area contributed by atoms with Crippen LogP contribution >= 0.6 is 23.2 Å². The molecule has 4 rings (SSSR count). The molecule has 1 heterocycles. The fourth-order valence-corrected chi connectivity index (χ4v) is 3.54. The molecule has 0 bridgehead atoms. The molecule has 4 aromatic rings. The third-order valence-corrected chi connectivity index (χ3v) is 5.26. The Balaban J connectivity index is 1.49. The first kappa shape index (κ1) is 22.6. The SMILES string of the molecule is Cc1ccc(-c2nn(-c3ccccc3)cc2/C=N\NC(=O)COc2ccc(Cl)cc2Cl)cc1. The van der Waals surface area contributed by atoms with Crippen molar-refractivity contribution in [3.63, 3.8) is 0 Å². The number of carbonyl (C=O) groups is 1. The highest BCUT2D eigenvalue weighted by Crippen LogP contribution is 2.27. The van der Waals surface area contributed by atoms with Crippen LogP contribution in [0.1, 0.15) is 11.1 Å². The van der Waals surface area contributed by atoms with Crippen molar-refractivity contribution in [3.8, 4) is 22.7 Å². The van der Waals surface area contributed by atoms with Crippen LogP contribution in [0.5, 0.6) is 5.75 Å². The predicted molar refractivity (Wildman–Crippen MR) is 131 cm³/mol. The molecular formula is C25H20Cl2N4O2. The minimum atomic E-state index is -0.426. The average Bonchev–Trinajstić information content (AvgIpc) is 3.24. The molecule has 8 heteroatoms. The number of aryl methyl sites for hydroxylation is 1. The first-order valence-corrected chi connectivity index (χ1v) is 10.9. The third kappa shape index (κ3) is 5.80. The Kier molecular flexibility index (Phi) is 7.07. The zero-order valence-corrected chi connectivity index (χ0v) is 19.2. The zero-order valence-electron chi connectivity index (χ0n) is 17.7. The van der Waals surface area contributed by atoms with Gasteiger partial charge in [-0.3, -0.25) is 4.79 Å². The van der Waals surface area contributed by atoms with Gasteiger partial charge in [-0.2, -0.15) is 10.2 Å². The third-order valence-electron chi connectivity index (χ3n) is 4.73. The second kappa shape index (κ2) is 10.3. The number of para-hydroxylation sites is 1. The van der Waals surface area contributed by atoms with E-state index in [1.54, 1.807) is 29.1 Å². The molecule has 0 aliphatic heterocycles. The summed E-state index contributed by atoms with van der Waals surface area (Å²) in [6.07, 6.45) is 3.43. The molecule has 1 N–H and O–H groups in total. The fourth-order valence-electron chi connectivity index (χ4n) is 3.07. The highest BCUT2D eigenvalue weighted by atomic mass is 35.5. The summed E-state index contributed by atoms with van der Waals surface area (Å²) in [5, 5.41) is 9.64. The summed E-state index contributed by atoms with van der Waals surface area (Å²) in [6, 6.07) is 22.6. The summed E-state index contributed by atoms with van der Waals surface area (Å²) in [6.45, 7) is 1.79. The Morgan fingerprint density at radius 3 is 2.58 bits per heavy atom. The molecular weight excluding hydrogens is 459 g/mol. The molecule has 0 aliphatic rings. The second-order valence-electron chi connectivity index (χ2n) is 7.24. The lowest BCUT2D eigenvalue weighted by atomic mass is 10.1. The van der Waals surface area contributed by atoms with Crippen molar-refractivity contribution in [1.29, 1.82) is 0 Å². The summed E-state index contributed by atoms with van der Waals surface area (Å²) >= 11 is 11.9. The standard InChI is InChI=1S/C25H20Cl2N4O2/c1-17-7-9-18(10-8-17)25-19(15-31(30-25)21-5-3-2-4-6-21)14-28-29-24(32)16-33-23-12-11-20(26)13-22(23)27/h2-15H,16H2,1H3,(H,29,32)/b28-14-. The van der Waals surface area contributed by atoms with Gasteiger partial charge >= 0.3 is 0 Å². The Labute approximate surface area is 201 Å². The molecule has 166 valence electrons. The van der Waals surface area contributed by atoms with E-state index in [0.29, 0.717) is 15.8 Å². The highest BCUT2D eigenvalue weighted by molar-refractivity contribution is 6.35. The number of aromatic nitrogens is 2. The van der Waals surface area contributed by atoms with Crippen LogP contribution in [0, 0.1) is 6.92 Å². The summed E-state index contributed by atoms with van der Waals surface area (Å²) in [5.74, 6) is -0.0596. The Hall–Kier alpha value is -3.61. The van der Waals surface area contributed by atoms with Gasteiger partial charge in [0.25, 0.3) is 5.91 Å². The number of rotatable bonds is 7. The maximum absolute atomic E-state index is 12.2. The molecule has 33 heavy (non-hydrogen) atoms. The number of benzene rings is 3.